The highest BCUT2D eigenvalue weighted by Gasteiger charge is 2.29. The van der Waals surface area contributed by atoms with Crippen LogP contribution in [0.25, 0.3) is 11.1 Å². The quantitative estimate of drug-likeness (QED) is 0.488. The summed E-state index contributed by atoms with van der Waals surface area (Å²) in [6.45, 7) is 2.64. The average molecular weight is 423 g/mol. The number of pyridine rings is 1. The Morgan fingerprint density at radius 2 is 1.67 bits per heavy atom. The van der Waals surface area contributed by atoms with Gasteiger partial charge in [-0.15, -0.1) is 11.8 Å². The van der Waals surface area contributed by atoms with E-state index in [2.05, 4.69) is 34.1 Å². The number of ether oxygens (including phenoxy) is 3. The second kappa shape index (κ2) is 9.41. The monoisotopic (exact) mass is 422 g/mol. The topological polar surface area (TPSA) is 43.8 Å². The predicted molar refractivity (Wildman–Crippen MR) is 121 cm³/mol. The van der Waals surface area contributed by atoms with Gasteiger partial charge in [-0.1, -0.05) is 24.3 Å². The maximum atomic E-state index is 6.13. The van der Waals surface area contributed by atoms with E-state index in [1.54, 1.807) is 26.0 Å². The minimum absolute atomic E-state index is 0.211. The van der Waals surface area contributed by atoms with Crippen LogP contribution in [0.5, 0.6) is 17.2 Å². The van der Waals surface area contributed by atoms with Crippen LogP contribution in [0.2, 0.25) is 0 Å². The van der Waals surface area contributed by atoms with Gasteiger partial charge in [0.1, 0.15) is 23.4 Å². The molecule has 1 fully saturated rings. The molecule has 0 spiro atoms. The molecule has 0 aliphatic carbocycles. The average Bonchev–Trinajstić information content (AvgIpc) is 2.78. The SMILES string of the molecule is COc1ccc(CN2CC(Oc3ccc(-c4ccc(SC)nc4)cc3)C2)c(OC)c1. The summed E-state index contributed by atoms with van der Waals surface area (Å²) in [7, 11) is 3.35. The Kier molecular flexibility index (Phi) is 6.45. The molecule has 4 rings (SSSR count). The van der Waals surface area contributed by atoms with Crippen molar-refractivity contribution in [3.8, 4) is 28.4 Å². The summed E-state index contributed by atoms with van der Waals surface area (Å²) in [5.74, 6) is 2.56. The fourth-order valence-corrected chi connectivity index (χ4v) is 3.90. The number of benzene rings is 2. The number of rotatable bonds is 8. The Morgan fingerprint density at radius 1 is 0.933 bits per heavy atom. The molecule has 1 aliphatic heterocycles. The lowest BCUT2D eigenvalue weighted by atomic mass is 10.1. The summed E-state index contributed by atoms with van der Waals surface area (Å²) in [5, 5.41) is 1.03. The third-order valence-electron chi connectivity index (χ3n) is 5.25. The first kappa shape index (κ1) is 20.6. The maximum absolute atomic E-state index is 6.13. The Bertz CT molecular complexity index is 971. The molecule has 0 radical (unpaired) electrons. The molecule has 3 aromatic rings. The molecule has 2 aromatic carbocycles. The van der Waals surface area contributed by atoms with Gasteiger partial charge in [-0.2, -0.15) is 0 Å². The van der Waals surface area contributed by atoms with Gasteiger partial charge in [0.25, 0.3) is 0 Å². The number of hydrogen-bond acceptors (Lipinski definition) is 6. The van der Waals surface area contributed by atoms with Gasteiger partial charge in [0.05, 0.1) is 19.2 Å². The van der Waals surface area contributed by atoms with Crippen molar-refractivity contribution >= 4 is 11.8 Å². The molecule has 0 atom stereocenters. The first-order valence-electron chi connectivity index (χ1n) is 9.89. The third kappa shape index (κ3) is 4.71. The summed E-state index contributed by atoms with van der Waals surface area (Å²) in [5.41, 5.74) is 3.41. The molecule has 156 valence electrons. The molecule has 1 aromatic heterocycles. The number of nitrogens with zero attached hydrogens (tertiary/aromatic N) is 2. The summed E-state index contributed by atoms with van der Waals surface area (Å²) in [6, 6.07) is 18.3. The van der Waals surface area contributed by atoms with Gasteiger partial charge in [0, 0.05) is 43.0 Å². The first-order chi connectivity index (χ1) is 14.7. The van der Waals surface area contributed by atoms with Gasteiger partial charge in [0.2, 0.25) is 0 Å². The fourth-order valence-electron chi connectivity index (χ4n) is 3.54. The number of aromatic nitrogens is 1. The van der Waals surface area contributed by atoms with E-state index in [0.717, 1.165) is 58.6 Å². The van der Waals surface area contributed by atoms with Gasteiger partial charge >= 0.3 is 0 Å². The zero-order valence-corrected chi connectivity index (χ0v) is 18.3. The van der Waals surface area contributed by atoms with Gasteiger partial charge in [-0.25, -0.2) is 4.98 Å². The minimum Gasteiger partial charge on any atom is -0.497 e. The molecular weight excluding hydrogens is 396 g/mol. The Morgan fingerprint density at radius 3 is 2.30 bits per heavy atom. The molecule has 0 bridgehead atoms. The van der Waals surface area contributed by atoms with Crippen LogP contribution < -0.4 is 14.2 Å². The van der Waals surface area contributed by atoms with Gasteiger partial charge in [0.15, 0.2) is 0 Å². The number of likely N-dealkylation sites (tertiary alicyclic amines) is 1. The van der Waals surface area contributed by atoms with Crippen molar-refractivity contribution in [2.75, 3.05) is 33.6 Å². The highest BCUT2D eigenvalue weighted by Crippen LogP contribution is 2.29. The molecule has 1 saturated heterocycles. The Labute approximate surface area is 182 Å². The second-order valence-electron chi connectivity index (χ2n) is 7.23. The molecule has 30 heavy (non-hydrogen) atoms. The lowest BCUT2D eigenvalue weighted by Crippen LogP contribution is -2.53. The van der Waals surface area contributed by atoms with Crippen LogP contribution in [0.15, 0.2) is 65.8 Å². The molecule has 1 aliphatic rings. The Hall–Kier alpha value is -2.70. The van der Waals surface area contributed by atoms with Crippen molar-refractivity contribution in [1.29, 1.82) is 0 Å². The molecule has 2 heterocycles. The molecular formula is C24H26N2O3S. The lowest BCUT2D eigenvalue weighted by Gasteiger charge is -2.39. The number of methoxy groups -OCH3 is 2. The van der Waals surface area contributed by atoms with Crippen LogP contribution in [-0.4, -0.2) is 49.6 Å². The summed E-state index contributed by atoms with van der Waals surface area (Å²) >= 11 is 1.65. The summed E-state index contributed by atoms with van der Waals surface area (Å²) in [6.07, 6.45) is 4.16. The smallest absolute Gasteiger partial charge is 0.127 e. The fraction of sp³-hybridized carbons (Fsp3) is 0.292. The number of hydrogen-bond donors (Lipinski definition) is 0. The molecule has 0 N–H and O–H groups in total. The van der Waals surface area contributed by atoms with Crippen LogP contribution >= 0.6 is 11.8 Å². The van der Waals surface area contributed by atoms with Crippen LogP contribution in [0, 0.1) is 0 Å². The molecule has 5 nitrogen and oxygen atoms in total. The summed E-state index contributed by atoms with van der Waals surface area (Å²) < 4.78 is 16.9. The lowest BCUT2D eigenvalue weighted by molar-refractivity contribution is 0.0142. The van der Waals surface area contributed by atoms with E-state index in [1.807, 2.05) is 42.8 Å². The van der Waals surface area contributed by atoms with Crippen molar-refractivity contribution in [3.63, 3.8) is 0 Å². The first-order valence-corrected chi connectivity index (χ1v) is 11.1. The van der Waals surface area contributed by atoms with E-state index < -0.39 is 0 Å². The molecule has 0 unspecified atom stereocenters. The van der Waals surface area contributed by atoms with Crippen LogP contribution in [0.3, 0.4) is 0 Å². The number of thioether (sulfide) groups is 1. The van der Waals surface area contributed by atoms with E-state index in [0.29, 0.717) is 0 Å². The van der Waals surface area contributed by atoms with E-state index >= 15 is 0 Å². The van der Waals surface area contributed by atoms with Gasteiger partial charge in [-0.3, -0.25) is 4.90 Å². The maximum Gasteiger partial charge on any atom is 0.127 e. The van der Waals surface area contributed by atoms with Gasteiger partial charge < -0.3 is 14.2 Å². The summed E-state index contributed by atoms with van der Waals surface area (Å²) in [4.78, 5) is 6.79. The molecule has 6 heteroatoms. The van der Waals surface area contributed by atoms with Crippen molar-refractivity contribution < 1.29 is 14.2 Å². The largest absolute Gasteiger partial charge is 0.497 e. The minimum atomic E-state index is 0.211. The van der Waals surface area contributed by atoms with E-state index in [1.165, 1.54) is 0 Å². The van der Waals surface area contributed by atoms with E-state index in [9.17, 15) is 0 Å². The normalized spacial score (nSPS) is 14.2. The van der Waals surface area contributed by atoms with Crippen LogP contribution in [0.4, 0.5) is 0 Å². The van der Waals surface area contributed by atoms with Crippen molar-refractivity contribution in [2.24, 2.45) is 0 Å². The van der Waals surface area contributed by atoms with Crippen molar-refractivity contribution in [2.45, 2.75) is 17.7 Å². The molecule has 0 saturated carbocycles. The highest BCUT2D eigenvalue weighted by molar-refractivity contribution is 7.98. The highest BCUT2D eigenvalue weighted by atomic mass is 32.2. The van der Waals surface area contributed by atoms with E-state index in [4.69, 9.17) is 14.2 Å². The van der Waals surface area contributed by atoms with Crippen molar-refractivity contribution in [3.05, 3.63) is 66.4 Å². The third-order valence-corrected chi connectivity index (χ3v) is 5.91. The Balaban J connectivity index is 1.30. The van der Waals surface area contributed by atoms with Crippen LogP contribution in [0.1, 0.15) is 5.56 Å². The van der Waals surface area contributed by atoms with Crippen LogP contribution in [-0.2, 0) is 6.54 Å². The van der Waals surface area contributed by atoms with E-state index in [-0.39, 0.29) is 6.10 Å². The standard InChI is InChI=1S/C24H26N2O3S/c1-27-21-10-6-19(23(12-21)28-2)14-26-15-22(16-26)29-20-8-4-17(5-9-20)18-7-11-24(30-3)25-13-18/h4-13,22H,14-16H2,1-3H3. The molecule has 0 amide bonds. The van der Waals surface area contributed by atoms with Gasteiger partial charge in [-0.05, 0) is 36.1 Å². The predicted octanol–water partition coefficient (Wildman–Crippen LogP) is 4.75. The zero-order chi connectivity index (χ0) is 20.9. The van der Waals surface area contributed by atoms with Crippen molar-refractivity contribution in [1.82, 2.24) is 9.88 Å². The zero-order valence-electron chi connectivity index (χ0n) is 17.5. The second-order valence-corrected chi connectivity index (χ2v) is 8.05.